The van der Waals surface area contributed by atoms with Crippen LogP contribution in [0.25, 0.3) is 0 Å². The molecule has 0 radical (unpaired) electrons. The zero-order valence-electron chi connectivity index (χ0n) is 14.5. The van der Waals surface area contributed by atoms with E-state index >= 15 is 0 Å². The van der Waals surface area contributed by atoms with Crippen LogP contribution in [0.5, 0.6) is 0 Å². The first-order chi connectivity index (χ1) is 13.1. The number of halogens is 1. The van der Waals surface area contributed by atoms with E-state index in [0.717, 1.165) is 11.3 Å². The number of hydrogen-bond donors (Lipinski definition) is 2. The molecule has 3 aromatic rings. The first-order valence-electron chi connectivity index (χ1n) is 8.76. The molecule has 0 spiro atoms. The van der Waals surface area contributed by atoms with Crippen LogP contribution in [-0.2, 0) is 6.42 Å². The smallest absolute Gasteiger partial charge is 0.258 e. The summed E-state index contributed by atoms with van der Waals surface area (Å²) >= 11 is 6.33. The maximum absolute atomic E-state index is 12.3. The van der Waals surface area contributed by atoms with E-state index in [1.54, 1.807) is 30.5 Å². The van der Waals surface area contributed by atoms with E-state index < -0.39 is 6.10 Å². The van der Waals surface area contributed by atoms with Crippen LogP contribution < -0.4 is 5.32 Å². The number of rotatable bonds is 3. The molecule has 2 aromatic carbocycles. The maximum Gasteiger partial charge on any atom is 0.258 e. The van der Waals surface area contributed by atoms with E-state index in [-0.39, 0.29) is 17.8 Å². The molecule has 0 saturated heterocycles. The third-order valence-corrected chi connectivity index (χ3v) is 5.16. The van der Waals surface area contributed by atoms with Crippen LogP contribution in [0, 0.1) is 0 Å². The lowest BCUT2D eigenvalue weighted by Gasteiger charge is -2.28. The Morgan fingerprint density at radius 2 is 1.81 bits per heavy atom. The summed E-state index contributed by atoms with van der Waals surface area (Å²) in [5, 5.41) is 13.9. The molecule has 4 rings (SSSR count). The molecule has 0 bridgehead atoms. The predicted octanol–water partition coefficient (Wildman–Crippen LogP) is 4.15. The van der Waals surface area contributed by atoms with Crippen molar-refractivity contribution in [1.82, 2.24) is 9.97 Å². The normalized spacial score (nSPS) is 18.6. The van der Waals surface area contributed by atoms with E-state index in [2.05, 4.69) is 15.3 Å². The Bertz CT molecular complexity index is 978. The summed E-state index contributed by atoms with van der Waals surface area (Å²) in [6.07, 6.45) is 2.13. The first kappa shape index (κ1) is 17.6. The van der Waals surface area contributed by atoms with E-state index in [1.807, 2.05) is 30.3 Å². The van der Waals surface area contributed by atoms with Crippen molar-refractivity contribution < 1.29 is 9.90 Å². The molecule has 136 valence electrons. The second-order valence-electron chi connectivity index (χ2n) is 6.59. The number of nitrogens with one attached hydrogen (secondary N) is 1. The second-order valence-corrected chi connectivity index (χ2v) is 7.00. The summed E-state index contributed by atoms with van der Waals surface area (Å²) in [6, 6.07) is 16.6. The maximum atomic E-state index is 12.3. The summed E-state index contributed by atoms with van der Waals surface area (Å²) in [4.78, 5) is 21.0. The number of nitrogens with zero attached hydrogens (tertiary/aromatic N) is 2. The van der Waals surface area contributed by atoms with Crippen molar-refractivity contribution >= 4 is 23.5 Å². The SMILES string of the molecule is O=C(Nc1ncc2c(n1)CC(c1ccccc1Cl)CC2O)c1ccccc1. The van der Waals surface area contributed by atoms with Gasteiger partial charge in [0.25, 0.3) is 5.91 Å². The number of aromatic nitrogens is 2. The van der Waals surface area contributed by atoms with Gasteiger partial charge in [0.15, 0.2) is 0 Å². The minimum absolute atomic E-state index is 0.0637. The lowest BCUT2D eigenvalue weighted by molar-refractivity contribution is 0.102. The molecule has 0 saturated carbocycles. The van der Waals surface area contributed by atoms with Crippen molar-refractivity contribution in [1.29, 1.82) is 0 Å². The molecule has 1 aliphatic rings. The molecule has 6 heteroatoms. The lowest BCUT2D eigenvalue weighted by Crippen LogP contribution is -2.21. The quantitative estimate of drug-likeness (QED) is 0.717. The monoisotopic (exact) mass is 379 g/mol. The van der Waals surface area contributed by atoms with Gasteiger partial charge in [0.2, 0.25) is 5.95 Å². The minimum Gasteiger partial charge on any atom is -0.388 e. The predicted molar refractivity (Wildman–Crippen MR) is 104 cm³/mol. The van der Waals surface area contributed by atoms with E-state index in [1.165, 1.54) is 0 Å². The Balaban J connectivity index is 1.59. The Labute approximate surface area is 162 Å². The van der Waals surface area contributed by atoms with Crippen LogP contribution in [0.15, 0.2) is 60.8 Å². The Morgan fingerprint density at radius 3 is 2.59 bits per heavy atom. The molecule has 0 aliphatic heterocycles. The summed E-state index contributed by atoms with van der Waals surface area (Å²) in [5.41, 5.74) is 2.97. The molecule has 1 heterocycles. The largest absolute Gasteiger partial charge is 0.388 e. The standard InChI is InChI=1S/C21H18ClN3O2/c22-17-9-5-4-8-15(17)14-10-18-16(19(26)11-14)12-23-21(24-18)25-20(27)13-6-2-1-3-7-13/h1-9,12,14,19,26H,10-11H2,(H,23,24,25,27). The molecular formula is C21H18ClN3O2. The zero-order chi connectivity index (χ0) is 18.8. The topological polar surface area (TPSA) is 75.1 Å². The molecule has 1 amide bonds. The summed E-state index contributed by atoms with van der Waals surface area (Å²) < 4.78 is 0. The average molecular weight is 380 g/mol. The summed E-state index contributed by atoms with van der Waals surface area (Å²) in [6.45, 7) is 0. The third-order valence-electron chi connectivity index (χ3n) is 4.81. The van der Waals surface area contributed by atoms with Gasteiger partial charge in [-0.05, 0) is 42.5 Å². The second kappa shape index (κ2) is 7.47. The van der Waals surface area contributed by atoms with Crippen LogP contribution in [-0.4, -0.2) is 21.0 Å². The van der Waals surface area contributed by atoms with Gasteiger partial charge in [-0.2, -0.15) is 0 Å². The Morgan fingerprint density at radius 1 is 1.07 bits per heavy atom. The van der Waals surface area contributed by atoms with Crippen molar-refractivity contribution in [2.75, 3.05) is 5.32 Å². The van der Waals surface area contributed by atoms with Gasteiger partial charge < -0.3 is 5.11 Å². The molecule has 2 N–H and O–H groups in total. The van der Waals surface area contributed by atoms with Crippen LogP contribution in [0.1, 0.15) is 45.6 Å². The fraction of sp³-hybridized carbons (Fsp3) is 0.190. The van der Waals surface area contributed by atoms with Gasteiger partial charge in [0.1, 0.15) is 0 Å². The van der Waals surface area contributed by atoms with Gasteiger partial charge in [0.05, 0.1) is 11.8 Å². The summed E-state index contributed by atoms with van der Waals surface area (Å²) in [7, 11) is 0. The number of carbonyl (C=O) groups excluding carboxylic acids is 1. The Hall–Kier alpha value is -2.76. The first-order valence-corrected chi connectivity index (χ1v) is 9.14. The van der Waals surface area contributed by atoms with Gasteiger partial charge in [-0.1, -0.05) is 48.0 Å². The van der Waals surface area contributed by atoms with Crippen LogP contribution in [0.2, 0.25) is 5.02 Å². The molecule has 27 heavy (non-hydrogen) atoms. The van der Waals surface area contributed by atoms with Crippen molar-refractivity contribution in [3.8, 4) is 0 Å². The number of aliphatic hydroxyl groups is 1. The van der Waals surface area contributed by atoms with E-state index in [4.69, 9.17) is 11.6 Å². The molecule has 2 atom stereocenters. The zero-order valence-corrected chi connectivity index (χ0v) is 15.2. The van der Waals surface area contributed by atoms with Gasteiger partial charge in [-0.15, -0.1) is 0 Å². The van der Waals surface area contributed by atoms with Crippen LogP contribution >= 0.6 is 11.6 Å². The number of fused-ring (bicyclic) bond motifs is 1. The molecule has 5 nitrogen and oxygen atoms in total. The minimum atomic E-state index is -0.658. The van der Waals surface area contributed by atoms with Gasteiger partial charge in [-0.25, -0.2) is 9.97 Å². The molecule has 0 fully saturated rings. The number of amides is 1. The number of anilines is 1. The number of benzene rings is 2. The van der Waals surface area contributed by atoms with Crippen LogP contribution in [0.3, 0.4) is 0 Å². The number of carbonyl (C=O) groups is 1. The van der Waals surface area contributed by atoms with Gasteiger partial charge in [-0.3, -0.25) is 10.1 Å². The highest BCUT2D eigenvalue weighted by Crippen LogP contribution is 2.39. The van der Waals surface area contributed by atoms with Gasteiger partial charge in [0, 0.05) is 22.3 Å². The van der Waals surface area contributed by atoms with Crippen LogP contribution in [0.4, 0.5) is 5.95 Å². The summed E-state index contributed by atoms with van der Waals surface area (Å²) in [5.74, 6) is 0.0259. The van der Waals surface area contributed by atoms with E-state index in [0.29, 0.717) is 29.0 Å². The molecule has 2 unspecified atom stereocenters. The average Bonchev–Trinajstić information content (AvgIpc) is 2.68. The number of aliphatic hydroxyl groups excluding tert-OH is 1. The van der Waals surface area contributed by atoms with Crippen molar-refractivity contribution in [3.05, 3.63) is 88.2 Å². The third kappa shape index (κ3) is 3.70. The fourth-order valence-corrected chi connectivity index (χ4v) is 3.74. The van der Waals surface area contributed by atoms with Crippen molar-refractivity contribution in [2.45, 2.75) is 24.9 Å². The van der Waals surface area contributed by atoms with E-state index in [9.17, 15) is 9.90 Å². The highest BCUT2D eigenvalue weighted by molar-refractivity contribution is 6.31. The highest BCUT2D eigenvalue weighted by Gasteiger charge is 2.29. The van der Waals surface area contributed by atoms with Crippen molar-refractivity contribution in [2.24, 2.45) is 0 Å². The Kier molecular flexibility index (Phi) is 4.88. The molecule has 1 aromatic heterocycles. The lowest BCUT2D eigenvalue weighted by atomic mass is 9.81. The highest BCUT2D eigenvalue weighted by atomic mass is 35.5. The number of hydrogen-bond acceptors (Lipinski definition) is 4. The fourth-order valence-electron chi connectivity index (χ4n) is 3.45. The van der Waals surface area contributed by atoms with Crippen molar-refractivity contribution in [3.63, 3.8) is 0 Å². The van der Waals surface area contributed by atoms with Gasteiger partial charge >= 0.3 is 0 Å². The molecular weight excluding hydrogens is 362 g/mol. The molecule has 1 aliphatic carbocycles.